The number of aromatic nitrogens is 1. The summed E-state index contributed by atoms with van der Waals surface area (Å²) < 4.78 is 0.844. The number of carbonyl (C=O) groups is 1. The predicted molar refractivity (Wildman–Crippen MR) is 73.6 cm³/mol. The van der Waals surface area contributed by atoms with Crippen LogP contribution in [0.5, 0.6) is 0 Å². The van der Waals surface area contributed by atoms with E-state index in [0.29, 0.717) is 21.4 Å². The quantitative estimate of drug-likeness (QED) is 0.828. The molecular formula is C10H7BrClN3OS. The molecule has 0 fully saturated rings. The van der Waals surface area contributed by atoms with Crippen LogP contribution in [0.4, 0.5) is 10.8 Å². The maximum atomic E-state index is 11.9. The normalized spacial score (nSPS) is 10.2. The van der Waals surface area contributed by atoms with Crippen molar-refractivity contribution in [1.82, 2.24) is 4.98 Å². The number of halogens is 2. The Kier molecular flexibility index (Phi) is 3.66. The lowest BCUT2D eigenvalue weighted by Gasteiger charge is -2.04. The zero-order chi connectivity index (χ0) is 12.4. The van der Waals surface area contributed by atoms with Crippen molar-refractivity contribution in [2.75, 3.05) is 11.1 Å². The Morgan fingerprint density at radius 2 is 2.29 bits per heavy atom. The van der Waals surface area contributed by atoms with Crippen LogP contribution in [-0.2, 0) is 0 Å². The van der Waals surface area contributed by atoms with Crippen molar-refractivity contribution in [3.8, 4) is 0 Å². The molecule has 4 nitrogen and oxygen atoms in total. The summed E-state index contributed by atoms with van der Waals surface area (Å²) in [4.78, 5) is 15.9. The van der Waals surface area contributed by atoms with E-state index in [9.17, 15) is 4.79 Å². The fourth-order valence-electron chi connectivity index (χ4n) is 1.19. The number of carbonyl (C=O) groups excluding carboxylic acids is 1. The minimum absolute atomic E-state index is 0.308. The third-order valence-corrected chi connectivity index (χ3v) is 3.64. The largest absolute Gasteiger partial charge is 0.399 e. The molecule has 2 rings (SSSR count). The van der Waals surface area contributed by atoms with Crippen LogP contribution in [0, 0.1) is 0 Å². The molecule has 0 aliphatic rings. The van der Waals surface area contributed by atoms with Crippen molar-refractivity contribution in [1.29, 1.82) is 0 Å². The topological polar surface area (TPSA) is 68.0 Å². The van der Waals surface area contributed by atoms with Crippen LogP contribution in [0.15, 0.2) is 28.2 Å². The number of hydrogen-bond donors (Lipinski definition) is 2. The zero-order valence-electron chi connectivity index (χ0n) is 8.41. The van der Waals surface area contributed by atoms with E-state index in [-0.39, 0.29) is 5.91 Å². The maximum Gasteiger partial charge on any atom is 0.258 e. The number of benzene rings is 1. The number of nitrogens with one attached hydrogen (secondary N) is 1. The van der Waals surface area contributed by atoms with E-state index in [2.05, 4.69) is 26.2 Å². The van der Waals surface area contributed by atoms with Crippen LogP contribution in [0.1, 0.15) is 10.4 Å². The smallest absolute Gasteiger partial charge is 0.258 e. The van der Waals surface area contributed by atoms with Gasteiger partial charge in [0.1, 0.15) is 0 Å². The van der Waals surface area contributed by atoms with Gasteiger partial charge in [0, 0.05) is 5.69 Å². The lowest BCUT2D eigenvalue weighted by atomic mass is 10.2. The molecule has 1 aromatic carbocycles. The van der Waals surface area contributed by atoms with Crippen LogP contribution < -0.4 is 11.1 Å². The molecule has 3 N–H and O–H groups in total. The van der Waals surface area contributed by atoms with E-state index in [0.717, 1.165) is 3.79 Å². The van der Waals surface area contributed by atoms with Crippen molar-refractivity contribution >= 4 is 55.6 Å². The number of amides is 1. The lowest BCUT2D eigenvalue weighted by molar-refractivity contribution is 0.102. The molecule has 0 unspecified atom stereocenters. The van der Waals surface area contributed by atoms with Crippen LogP contribution >= 0.6 is 38.9 Å². The summed E-state index contributed by atoms with van der Waals surface area (Å²) in [5, 5.41) is 3.48. The van der Waals surface area contributed by atoms with Gasteiger partial charge in [-0.05, 0) is 34.1 Å². The third kappa shape index (κ3) is 2.96. The first kappa shape index (κ1) is 12.3. The second kappa shape index (κ2) is 5.03. The fourth-order valence-corrected chi connectivity index (χ4v) is 2.57. The summed E-state index contributed by atoms with van der Waals surface area (Å²) in [5.74, 6) is -0.308. The molecule has 7 heteroatoms. The first-order chi connectivity index (χ1) is 8.06. The summed E-state index contributed by atoms with van der Waals surface area (Å²) in [6.07, 6.45) is 1.62. The van der Waals surface area contributed by atoms with Gasteiger partial charge in [-0.15, -0.1) is 0 Å². The molecule has 2 aromatic rings. The SMILES string of the molecule is Nc1ccc(C(=O)Nc2ncc(Br)s2)c(Cl)c1. The summed E-state index contributed by atoms with van der Waals surface area (Å²) in [5.41, 5.74) is 6.44. The highest BCUT2D eigenvalue weighted by Gasteiger charge is 2.12. The van der Waals surface area contributed by atoms with Crippen LogP contribution in [0.2, 0.25) is 5.02 Å². The highest BCUT2D eigenvalue weighted by Crippen LogP contribution is 2.25. The van der Waals surface area contributed by atoms with Gasteiger partial charge < -0.3 is 5.73 Å². The third-order valence-electron chi connectivity index (χ3n) is 1.94. The summed E-state index contributed by atoms with van der Waals surface area (Å²) in [6.45, 7) is 0. The predicted octanol–water partition coefficient (Wildman–Crippen LogP) is 3.39. The Morgan fingerprint density at radius 1 is 1.53 bits per heavy atom. The van der Waals surface area contributed by atoms with Crippen molar-refractivity contribution in [2.24, 2.45) is 0 Å². The van der Waals surface area contributed by atoms with Gasteiger partial charge in [-0.1, -0.05) is 22.9 Å². The van der Waals surface area contributed by atoms with Crippen LogP contribution in [0.3, 0.4) is 0 Å². The molecule has 88 valence electrons. The summed E-state index contributed by atoms with van der Waals surface area (Å²) in [6, 6.07) is 4.74. The molecule has 1 aromatic heterocycles. The minimum Gasteiger partial charge on any atom is -0.399 e. The van der Waals surface area contributed by atoms with E-state index < -0.39 is 0 Å². The van der Waals surface area contributed by atoms with Gasteiger partial charge in [0.2, 0.25) is 0 Å². The molecule has 17 heavy (non-hydrogen) atoms. The van der Waals surface area contributed by atoms with Crippen molar-refractivity contribution in [3.63, 3.8) is 0 Å². The minimum atomic E-state index is -0.308. The summed E-state index contributed by atoms with van der Waals surface area (Å²) >= 11 is 10.5. The second-order valence-corrected chi connectivity index (χ2v) is 5.98. The Hall–Kier alpha value is -1.11. The molecule has 0 spiro atoms. The monoisotopic (exact) mass is 331 g/mol. The molecule has 0 aliphatic heterocycles. The molecule has 1 heterocycles. The first-order valence-electron chi connectivity index (χ1n) is 4.54. The standard InChI is InChI=1S/C10H7BrClN3OS/c11-8-4-14-10(17-8)15-9(16)6-2-1-5(13)3-7(6)12/h1-4H,13H2,(H,14,15,16). The maximum absolute atomic E-state index is 11.9. The number of nitrogen functional groups attached to an aromatic ring is 1. The molecule has 0 radical (unpaired) electrons. The number of anilines is 2. The van der Waals surface area contributed by atoms with E-state index in [1.54, 1.807) is 18.3 Å². The average Bonchev–Trinajstić information content (AvgIpc) is 2.63. The zero-order valence-corrected chi connectivity index (χ0v) is 11.6. The van der Waals surface area contributed by atoms with Crippen molar-refractivity contribution in [3.05, 3.63) is 38.8 Å². The molecular weight excluding hydrogens is 326 g/mol. The Balaban J connectivity index is 2.20. The van der Waals surface area contributed by atoms with Gasteiger partial charge in [0.05, 0.1) is 20.6 Å². The molecule has 0 saturated carbocycles. The second-order valence-electron chi connectivity index (χ2n) is 3.16. The van der Waals surface area contributed by atoms with Gasteiger partial charge in [-0.25, -0.2) is 4.98 Å². The number of thiazole rings is 1. The van der Waals surface area contributed by atoms with Gasteiger partial charge in [-0.2, -0.15) is 0 Å². The average molecular weight is 333 g/mol. The summed E-state index contributed by atoms with van der Waals surface area (Å²) in [7, 11) is 0. The first-order valence-corrected chi connectivity index (χ1v) is 6.52. The van der Waals surface area contributed by atoms with Crippen molar-refractivity contribution < 1.29 is 4.79 Å². The fraction of sp³-hybridized carbons (Fsp3) is 0. The molecule has 0 atom stereocenters. The molecule has 1 amide bonds. The Morgan fingerprint density at radius 3 is 2.88 bits per heavy atom. The lowest BCUT2D eigenvalue weighted by Crippen LogP contribution is -2.12. The number of nitrogens with zero attached hydrogens (tertiary/aromatic N) is 1. The number of hydrogen-bond acceptors (Lipinski definition) is 4. The number of nitrogens with two attached hydrogens (primary N) is 1. The van der Waals surface area contributed by atoms with E-state index in [1.807, 2.05) is 0 Å². The molecule has 0 bridgehead atoms. The van der Waals surface area contributed by atoms with E-state index in [4.69, 9.17) is 17.3 Å². The Bertz CT molecular complexity index is 572. The van der Waals surface area contributed by atoms with Gasteiger partial charge in [0.25, 0.3) is 5.91 Å². The van der Waals surface area contributed by atoms with Gasteiger partial charge >= 0.3 is 0 Å². The van der Waals surface area contributed by atoms with Crippen LogP contribution in [-0.4, -0.2) is 10.9 Å². The highest BCUT2D eigenvalue weighted by atomic mass is 79.9. The highest BCUT2D eigenvalue weighted by molar-refractivity contribution is 9.11. The van der Waals surface area contributed by atoms with Gasteiger partial charge in [-0.3, -0.25) is 10.1 Å². The molecule has 0 aliphatic carbocycles. The van der Waals surface area contributed by atoms with Gasteiger partial charge in [0.15, 0.2) is 5.13 Å². The van der Waals surface area contributed by atoms with E-state index >= 15 is 0 Å². The van der Waals surface area contributed by atoms with Crippen molar-refractivity contribution in [2.45, 2.75) is 0 Å². The Labute approximate surface area is 115 Å². The van der Waals surface area contributed by atoms with E-state index in [1.165, 1.54) is 17.4 Å². The van der Waals surface area contributed by atoms with Crippen LogP contribution in [0.25, 0.3) is 0 Å². The number of rotatable bonds is 2. The molecule has 0 saturated heterocycles.